The minimum Gasteiger partial charge on any atom is -0.495 e. The van der Waals surface area contributed by atoms with Gasteiger partial charge in [-0.2, -0.15) is 0 Å². The Kier molecular flexibility index (Phi) is 4.99. The van der Waals surface area contributed by atoms with E-state index in [-0.39, 0.29) is 5.02 Å². The Bertz CT molecular complexity index is 814. The summed E-state index contributed by atoms with van der Waals surface area (Å²) in [6, 6.07) is 8.66. The summed E-state index contributed by atoms with van der Waals surface area (Å²) in [5, 5.41) is 0.0939. The second-order valence-corrected chi connectivity index (χ2v) is 7.54. The Morgan fingerprint density at radius 2 is 1.91 bits per heavy atom. The molecule has 0 atom stereocenters. The van der Waals surface area contributed by atoms with Gasteiger partial charge in [-0.05, 0) is 40.2 Å². The van der Waals surface area contributed by atoms with Gasteiger partial charge in [-0.3, -0.25) is 4.31 Å². The highest BCUT2D eigenvalue weighted by molar-refractivity contribution is 9.10. The van der Waals surface area contributed by atoms with Gasteiger partial charge in [-0.25, -0.2) is 12.8 Å². The maximum atomic E-state index is 14.0. The zero-order chi connectivity index (χ0) is 16.5. The quantitative estimate of drug-likeness (QED) is 0.716. The Morgan fingerprint density at radius 1 is 1.27 bits per heavy atom. The summed E-state index contributed by atoms with van der Waals surface area (Å²) >= 11 is 8.86. The molecule has 0 heterocycles. The lowest BCUT2D eigenvalue weighted by Crippen LogP contribution is -2.27. The van der Waals surface area contributed by atoms with Crippen LogP contribution in [0.25, 0.3) is 0 Å². The Hall–Kier alpha value is -1.31. The van der Waals surface area contributed by atoms with Crippen LogP contribution in [0.2, 0.25) is 5.02 Å². The highest BCUT2D eigenvalue weighted by atomic mass is 79.9. The monoisotopic (exact) mass is 407 g/mol. The molecule has 22 heavy (non-hydrogen) atoms. The van der Waals surface area contributed by atoms with Crippen LogP contribution in [0.5, 0.6) is 5.75 Å². The summed E-state index contributed by atoms with van der Waals surface area (Å²) in [6.45, 7) is 0. The second-order valence-electron chi connectivity index (χ2n) is 4.34. The van der Waals surface area contributed by atoms with E-state index in [1.807, 2.05) is 0 Å². The van der Waals surface area contributed by atoms with E-state index in [0.717, 1.165) is 16.4 Å². The molecule has 2 aromatic rings. The number of rotatable bonds is 4. The van der Waals surface area contributed by atoms with Crippen LogP contribution in [0.4, 0.5) is 10.1 Å². The Morgan fingerprint density at radius 3 is 2.55 bits per heavy atom. The van der Waals surface area contributed by atoms with E-state index in [1.165, 1.54) is 14.2 Å². The summed E-state index contributed by atoms with van der Waals surface area (Å²) in [5.74, 6) is -0.558. The fraction of sp³-hybridized carbons (Fsp3) is 0.143. The molecule has 0 fully saturated rings. The number of hydrogen-bond donors (Lipinski definition) is 0. The average Bonchev–Trinajstić information content (AvgIpc) is 2.49. The van der Waals surface area contributed by atoms with Gasteiger partial charge in [0.2, 0.25) is 0 Å². The lowest BCUT2D eigenvalue weighted by atomic mass is 10.3. The molecule has 0 saturated carbocycles. The molecule has 0 amide bonds. The van der Waals surface area contributed by atoms with Crippen molar-refractivity contribution in [3.8, 4) is 5.75 Å². The Labute approximate surface area is 141 Å². The van der Waals surface area contributed by atoms with Crippen LogP contribution >= 0.6 is 27.5 Å². The van der Waals surface area contributed by atoms with E-state index in [2.05, 4.69) is 15.9 Å². The van der Waals surface area contributed by atoms with Gasteiger partial charge in [0.15, 0.2) is 0 Å². The lowest BCUT2D eigenvalue weighted by Gasteiger charge is -2.22. The number of methoxy groups -OCH3 is 1. The first kappa shape index (κ1) is 17.1. The molecule has 2 aromatic carbocycles. The molecule has 0 radical (unpaired) electrons. The van der Waals surface area contributed by atoms with Gasteiger partial charge in [-0.1, -0.05) is 23.7 Å². The molecule has 0 aliphatic rings. The van der Waals surface area contributed by atoms with Crippen molar-refractivity contribution in [3.63, 3.8) is 0 Å². The number of benzene rings is 2. The minimum atomic E-state index is -4.10. The van der Waals surface area contributed by atoms with E-state index in [9.17, 15) is 12.8 Å². The van der Waals surface area contributed by atoms with Gasteiger partial charge >= 0.3 is 0 Å². The summed E-state index contributed by atoms with van der Waals surface area (Å²) in [7, 11) is -1.35. The molecule has 2 rings (SSSR count). The molecule has 0 spiro atoms. The molecular formula is C14H12BrClFNO3S. The fourth-order valence-electron chi connectivity index (χ4n) is 1.87. The van der Waals surface area contributed by atoms with Crippen LogP contribution in [-0.2, 0) is 10.0 Å². The van der Waals surface area contributed by atoms with E-state index >= 15 is 0 Å². The van der Waals surface area contributed by atoms with Gasteiger partial charge in [0.05, 0.1) is 17.8 Å². The van der Waals surface area contributed by atoms with Gasteiger partial charge < -0.3 is 4.74 Å². The Balaban J connectivity index is 2.57. The van der Waals surface area contributed by atoms with E-state index < -0.39 is 20.7 Å². The first-order valence-electron chi connectivity index (χ1n) is 6.05. The topological polar surface area (TPSA) is 46.6 Å². The van der Waals surface area contributed by atoms with Crippen molar-refractivity contribution in [2.24, 2.45) is 0 Å². The van der Waals surface area contributed by atoms with Crippen LogP contribution in [0.15, 0.2) is 45.8 Å². The molecule has 0 aromatic heterocycles. The zero-order valence-corrected chi connectivity index (χ0v) is 14.8. The highest BCUT2D eigenvalue weighted by Crippen LogP contribution is 2.34. The van der Waals surface area contributed by atoms with E-state index in [4.69, 9.17) is 16.3 Å². The molecule has 8 heteroatoms. The van der Waals surface area contributed by atoms with E-state index in [1.54, 1.807) is 24.3 Å². The first-order chi connectivity index (χ1) is 10.3. The third kappa shape index (κ3) is 3.06. The summed E-state index contributed by atoms with van der Waals surface area (Å²) in [5.41, 5.74) is 0.301. The molecular weight excluding hydrogens is 397 g/mol. The fourth-order valence-corrected chi connectivity index (χ4v) is 3.79. The van der Waals surface area contributed by atoms with Crippen molar-refractivity contribution >= 4 is 43.2 Å². The number of nitrogens with zero attached hydrogens (tertiary/aromatic N) is 1. The zero-order valence-electron chi connectivity index (χ0n) is 11.7. The van der Waals surface area contributed by atoms with Crippen molar-refractivity contribution in [1.82, 2.24) is 0 Å². The SMILES string of the molecule is COc1ccccc1N(C)S(=O)(=O)c1cc(Br)c(Cl)cc1F. The molecule has 4 nitrogen and oxygen atoms in total. The van der Waals surface area contributed by atoms with Gasteiger partial charge in [-0.15, -0.1) is 0 Å². The largest absolute Gasteiger partial charge is 0.495 e. The average molecular weight is 409 g/mol. The van der Waals surface area contributed by atoms with Crippen LogP contribution in [0.3, 0.4) is 0 Å². The maximum Gasteiger partial charge on any atom is 0.267 e. The highest BCUT2D eigenvalue weighted by Gasteiger charge is 2.27. The van der Waals surface area contributed by atoms with Crippen molar-refractivity contribution in [2.75, 3.05) is 18.5 Å². The third-order valence-electron chi connectivity index (χ3n) is 3.04. The first-order valence-corrected chi connectivity index (χ1v) is 8.66. The number of hydrogen-bond acceptors (Lipinski definition) is 3. The normalized spacial score (nSPS) is 11.3. The molecule has 0 bridgehead atoms. The van der Waals surface area contributed by atoms with E-state index in [0.29, 0.717) is 15.9 Å². The number of para-hydroxylation sites is 2. The van der Waals surface area contributed by atoms with Gasteiger partial charge in [0, 0.05) is 11.5 Å². The summed E-state index contributed by atoms with van der Waals surface area (Å²) in [6.07, 6.45) is 0. The van der Waals surface area contributed by atoms with Crippen molar-refractivity contribution in [3.05, 3.63) is 51.7 Å². The van der Waals surface area contributed by atoms with Crippen LogP contribution < -0.4 is 9.04 Å². The van der Waals surface area contributed by atoms with Crippen molar-refractivity contribution in [2.45, 2.75) is 4.90 Å². The molecule has 0 aliphatic heterocycles. The van der Waals surface area contributed by atoms with Gasteiger partial charge in [0.1, 0.15) is 16.5 Å². The molecule has 0 unspecified atom stereocenters. The molecule has 0 saturated heterocycles. The van der Waals surface area contributed by atoms with Crippen molar-refractivity contribution in [1.29, 1.82) is 0 Å². The summed E-state index contributed by atoms with van der Waals surface area (Å²) in [4.78, 5) is -0.475. The standard InChI is InChI=1S/C14H12BrClFNO3S/c1-18(12-5-3-4-6-13(12)21-2)22(19,20)14-7-9(15)10(16)8-11(14)17/h3-8H,1-2H3. The number of ether oxygens (including phenoxy) is 1. The summed E-state index contributed by atoms with van der Waals surface area (Å²) < 4.78 is 45.7. The van der Waals surface area contributed by atoms with Crippen LogP contribution in [0, 0.1) is 5.82 Å². The van der Waals surface area contributed by atoms with Gasteiger partial charge in [0.25, 0.3) is 10.0 Å². The predicted octanol–water partition coefficient (Wildman–Crippen LogP) is 4.08. The third-order valence-corrected chi connectivity index (χ3v) is 6.02. The lowest BCUT2D eigenvalue weighted by molar-refractivity contribution is 0.415. The smallest absolute Gasteiger partial charge is 0.267 e. The molecule has 0 N–H and O–H groups in total. The number of anilines is 1. The molecule has 0 aliphatic carbocycles. The predicted molar refractivity (Wildman–Crippen MR) is 87.7 cm³/mol. The number of sulfonamides is 1. The van der Waals surface area contributed by atoms with Crippen LogP contribution in [-0.4, -0.2) is 22.6 Å². The number of halogens is 3. The second kappa shape index (κ2) is 6.44. The molecule has 118 valence electrons. The maximum absolute atomic E-state index is 14.0. The van der Waals surface area contributed by atoms with Crippen LogP contribution in [0.1, 0.15) is 0 Å². The minimum absolute atomic E-state index is 0.0939. The van der Waals surface area contributed by atoms with Crippen molar-refractivity contribution < 1.29 is 17.5 Å².